The largest absolute Gasteiger partial charge is 0.321 e. The number of benzene rings is 2. The van der Waals surface area contributed by atoms with E-state index >= 15 is 0 Å². The molecule has 1 amide bonds. The Morgan fingerprint density at radius 2 is 1.80 bits per heavy atom. The third-order valence-corrected chi connectivity index (χ3v) is 6.48. The van der Waals surface area contributed by atoms with Crippen molar-refractivity contribution in [3.05, 3.63) is 58.1 Å². The number of rotatable bonds is 3. The van der Waals surface area contributed by atoms with Crippen LogP contribution in [0.4, 0.5) is 11.4 Å². The molecule has 0 unspecified atom stereocenters. The maximum Gasteiger partial charge on any atom is 0.257 e. The van der Waals surface area contributed by atoms with E-state index in [0.29, 0.717) is 29.4 Å². The summed E-state index contributed by atoms with van der Waals surface area (Å²) in [5.41, 5.74) is 1.09. The van der Waals surface area contributed by atoms with Gasteiger partial charge in [-0.25, -0.2) is 8.42 Å². The SMILES string of the molecule is O=C(Nc1ccccc1Cl)c1cc(N2CCCCS2(=O)=O)ccc1Cl. The van der Waals surface area contributed by atoms with Gasteiger partial charge in [0.2, 0.25) is 10.0 Å². The first-order chi connectivity index (χ1) is 11.9. The lowest BCUT2D eigenvalue weighted by atomic mass is 10.1. The number of halogens is 2. The average molecular weight is 399 g/mol. The second-order valence-electron chi connectivity index (χ2n) is 5.69. The molecule has 5 nitrogen and oxygen atoms in total. The molecule has 0 atom stereocenters. The number of carbonyl (C=O) groups excluding carboxylic acids is 1. The Balaban J connectivity index is 1.92. The van der Waals surface area contributed by atoms with E-state index in [9.17, 15) is 13.2 Å². The zero-order chi connectivity index (χ0) is 18.0. The van der Waals surface area contributed by atoms with Crippen molar-refractivity contribution in [3.8, 4) is 0 Å². The molecule has 0 aromatic heterocycles. The van der Waals surface area contributed by atoms with Crippen LogP contribution in [-0.2, 0) is 10.0 Å². The van der Waals surface area contributed by atoms with Gasteiger partial charge in [0.05, 0.1) is 32.7 Å². The fourth-order valence-corrected chi connectivity index (χ4v) is 4.69. The van der Waals surface area contributed by atoms with Gasteiger partial charge in [-0.05, 0) is 43.2 Å². The Labute approximate surface area is 156 Å². The van der Waals surface area contributed by atoms with Gasteiger partial charge in [-0.3, -0.25) is 9.10 Å². The Bertz CT molecular complexity index is 916. The minimum absolute atomic E-state index is 0.108. The highest BCUT2D eigenvalue weighted by Crippen LogP contribution is 2.29. The van der Waals surface area contributed by atoms with Crippen molar-refractivity contribution in [2.24, 2.45) is 0 Å². The second-order valence-corrected chi connectivity index (χ2v) is 8.52. The molecule has 1 aliphatic rings. The van der Waals surface area contributed by atoms with Gasteiger partial charge < -0.3 is 5.32 Å². The summed E-state index contributed by atoms with van der Waals surface area (Å²) in [5.74, 6) is -0.342. The minimum atomic E-state index is -3.36. The van der Waals surface area contributed by atoms with E-state index in [1.165, 1.54) is 16.4 Å². The van der Waals surface area contributed by atoms with Crippen molar-refractivity contribution in [3.63, 3.8) is 0 Å². The number of para-hydroxylation sites is 1. The number of nitrogens with zero attached hydrogens (tertiary/aromatic N) is 1. The molecule has 1 fully saturated rings. The van der Waals surface area contributed by atoms with Crippen LogP contribution in [0, 0.1) is 0 Å². The Hall–Kier alpha value is -1.76. The lowest BCUT2D eigenvalue weighted by molar-refractivity contribution is 0.102. The number of carbonyl (C=O) groups is 1. The standard InChI is InChI=1S/C17H16Cl2N2O3S/c18-14-8-7-12(21-9-3-4-10-25(21,23)24)11-13(14)17(22)20-16-6-2-1-5-15(16)19/h1-2,5-8,11H,3-4,9-10H2,(H,20,22). The topological polar surface area (TPSA) is 66.5 Å². The van der Waals surface area contributed by atoms with Crippen LogP contribution < -0.4 is 9.62 Å². The molecule has 1 aliphatic heterocycles. The van der Waals surface area contributed by atoms with Crippen LogP contribution in [0.15, 0.2) is 42.5 Å². The zero-order valence-electron chi connectivity index (χ0n) is 13.2. The fraction of sp³-hybridized carbons (Fsp3) is 0.235. The molecular formula is C17H16Cl2N2O3S. The number of hydrogen-bond acceptors (Lipinski definition) is 3. The summed E-state index contributed by atoms with van der Waals surface area (Å²) in [5, 5.41) is 3.34. The first kappa shape index (κ1) is 18.0. The van der Waals surface area contributed by atoms with Gasteiger partial charge in [-0.1, -0.05) is 35.3 Å². The zero-order valence-corrected chi connectivity index (χ0v) is 15.5. The van der Waals surface area contributed by atoms with E-state index in [2.05, 4.69) is 5.32 Å². The maximum atomic E-state index is 12.6. The molecule has 1 heterocycles. The van der Waals surface area contributed by atoms with Gasteiger partial charge in [0, 0.05) is 6.54 Å². The second kappa shape index (κ2) is 7.23. The third kappa shape index (κ3) is 3.92. The molecule has 132 valence electrons. The Kier molecular flexibility index (Phi) is 5.22. The van der Waals surface area contributed by atoms with Crippen molar-refractivity contribution in [2.45, 2.75) is 12.8 Å². The molecule has 3 rings (SSSR count). The molecule has 2 aromatic carbocycles. The van der Waals surface area contributed by atoms with Gasteiger partial charge in [0.1, 0.15) is 0 Å². The number of anilines is 2. The average Bonchev–Trinajstić information content (AvgIpc) is 2.57. The summed E-state index contributed by atoms with van der Waals surface area (Å²) in [6, 6.07) is 11.5. The predicted octanol–water partition coefficient (Wildman–Crippen LogP) is 4.18. The quantitative estimate of drug-likeness (QED) is 0.842. The van der Waals surface area contributed by atoms with Gasteiger partial charge in [-0.2, -0.15) is 0 Å². The molecule has 0 radical (unpaired) electrons. The molecule has 0 aliphatic carbocycles. The van der Waals surface area contributed by atoms with Crippen LogP contribution in [0.2, 0.25) is 10.0 Å². The molecular weight excluding hydrogens is 383 g/mol. The molecule has 1 saturated heterocycles. The van der Waals surface area contributed by atoms with Gasteiger partial charge >= 0.3 is 0 Å². The summed E-state index contributed by atoms with van der Waals surface area (Å²) >= 11 is 12.2. The third-order valence-electron chi connectivity index (χ3n) is 3.95. The van der Waals surface area contributed by atoms with E-state index in [-0.39, 0.29) is 16.3 Å². The van der Waals surface area contributed by atoms with Crippen LogP contribution >= 0.6 is 23.2 Å². The summed E-state index contributed by atoms with van der Waals surface area (Å²) in [7, 11) is -3.36. The highest BCUT2D eigenvalue weighted by Gasteiger charge is 2.27. The molecule has 1 N–H and O–H groups in total. The highest BCUT2D eigenvalue weighted by atomic mass is 35.5. The number of hydrogen-bond donors (Lipinski definition) is 1. The van der Waals surface area contributed by atoms with Gasteiger partial charge in [-0.15, -0.1) is 0 Å². The first-order valence-electron chi connectivity index (χ1n) is 7.74. The van der Waals surface area contributed by atoms with E-state index < -0.39 is 15.9 Å². The number of amides is 1. The summed E-state index contributed by atoms with van der Waals surface area (Å²) in [4.78, 5) is 12.6. The van der Waals surface area contributed by atoms with E-state index in [1.807, 2.05) is 0 Å². The molecule has 2 aromatic rings. The molecule has 0 spiro atoms. The molecule has 0 bridgehead atoms. The van der Waals surface area contributed by atoms with Crippen LogP contribution in [-0.4, -0.2) is 26.6 Å². The van der Waals surface area contributed by atoms with Crippen molar-refractivity contribution in [1.29, 1.82) is 0 Å². The van der Waals surface area contributed by atoms with Crippen molar-refractivity contribution in [2.75, 3.05) is 21.9 Å². The Morgan fingerprint density at radius 1 is 1.04 bits per heavy atom. The fourth-order valence-electron chi connectivity index (χ4n) is 2.67. The predicted molar refractivity (Wildman–Crippen MR) is 101 cm³/mol. The van der Waals surface area contributed by atoms with Crippen molar-refractivity contribution < 1.29 is 13.2 Å². The maximum absolute atomic E-state index is 12.6. The van der Waals surface area contributed by atoms with E-state index in [4.69, 9.17) is 23.2 Å². The number of nitrogens with one attached hydrogen (secondary N) is 1. The lowest BCUT2D eigenvalue weighted by Gasteiger charge is -2.28. The molecule has 8 heteroatoms. The van der Waals surface area contributed by atoms with Crippen LogP contribution in [0.3, 0.4) is 0 Å². The van der Waals surface area contributed by atoms with Crippen LogP contribution in [0.1, 0.15) is 23.2 Å². The Morgan fingerprint density at radius 3 is 2.52 bits per heavy atom. The van der Waals surface area contributed by atoms with Gasteiger partial charge in [0.25, 0.3) is 5.91 Å². The van der Waals surface area contributed by atoms with E-state index in [1.54, 1.807) is 30.3 Å². The monoisotopic (exact) mass is 398 g/mol. The molecule has 25 heavy (non-hydrogen) atoms. The van der Waals surface area contributed by atoms with Crippen molar-refractivity contribution in [1.82, 2.24) is 0 Å². The summed E-state index contributed by atoms with van der Waals surface area (Å²) < 4.78 is 25.9. The number of sulfonamides is 1. The molecule has 0 saturated carbocycles. The van der Waals surface area contributed by atoms with Crippen LogP contribution in [0.25, 0.3) is 0 Å². The smallest absolute Gasteiger partial charge is 0.257 e. The summed E-state index contributed by atoms with van der Waals surface area (Å²) in [6.07, 6.45) is 1.43. The van der Waals surface area contributed by atoms with Crippen LogP contribution in [0.5, 0.6) is 0 Å². The minimum Gasteiger partial charge on any atom is -0.321 e. The van der Waals surface area contributed by atoms with Gasteiger partial charge in [0.15, 0.2) is 0 Å². The normalized spacial score (nSPS) is 16.5. The van der Waals surface area contributed by atoms with E-state index in [0.717, 1.165) is 6.42 Å². The highest BCUT2D eigenvalue weighted by molar-refractivity contribution is 7.92. The van der Waals surface area contributed by atoms with Crippen molar-refractivity contribution >= 4 is 50.5 Å². The lowest BCUT2D eigenvalue weighted by Crippen LogP contribution is -2.38. The summed E-state index contributed by atoms with van der Waals surface area (Å²) in [6.45, 7) is 0.398. The first-order valence-corrected chi connectivity index (χ1v) is 10.1.